The number of methoxy groups -OCH3 is 1. The first kappa shape index (κ1) is 20.9. The van der Waals surface area contributed by atoms with Gasteiger partial charge in [0.1, 0.15) is 0 Å². The van der Waals surface area contributed by atoms with Crippen molar-refractivity contribution in [3.05, 3.63) is 11.6 Å². The average Bonchev–Trinajstić information content (AvgIpc) is 2.40. The summed E-state index contributed by atoms with van der Waals surface area (Å²) in [5.41, 5.74) is 0.0855. The van der Waals surface area contributed by atoms with Gasteiger partial charge in [-0.3, -0.25) is 9.36 Å². The molecular weight excluding hydrogens is 307 g/mol. The van der Waals surface area contributed by atoms with Gasteiger partial charge in [-0.1, -0.05) is 19.9 Å². The Morgan fingerprint density at radius 2 is 1.95 bits per heavy atom. The van der Waals surface area contributed by atoms with Gasteiger partial charge >= 0.3 is 11.9 Å². The van der Waals surface area contributed by atoms with E-state index in [1.165, 1.54) is 13.2 Å². The number of carboxylic acid groups (broad SMARTS) is 1. The molecule has 0 aromatic rings. The summed E-state index contributed by atoms with van der Waals surface area (Å²) in [4.78, 5) is 22.3. The molecule has 0 spiro atoms. The summed E-state index contributed by atoms with van der Waals surface area (Å²) in [6.07, 6.45) is 2.95. The molecule has 0 saturated carbocycles. The normalized spacial score (nSPS) is 14.7. The van der Waals surface area contributed by atoms with Crippen LogP contribution in [0.5, 0.6) is 0 Å². The first-order valence-electron chi connectivity index (χ1n) is 7.45. The molecule has 0 heterocycles. The number of allylic oxidation sites excluding steroid dienone is 1. The van der Waals surface area contributed by atoms with Gasteiger partial charge in [0.05, 0.1) is 19.9 Å². The molecule has 6 nitrogen and oxygen atoms in total. The summed E-state index contributed by atoms with van der Waals surface area (Å²) in [5.74, 6) is -1.27. The minimum atomic E-state index is -3.00. The van der Waals surface area contributed by atoms with Gasteiger partial charge in [0.2, 0.25) is 7.37 Å². The van der Waals surface area contributed by atoms with Gasteiger partial charge in [-0.2, -0.15) is 0 Å². The van der Waals surface area contributed by atoms with E-state index in [0.29, 0.717) is 25.6 Å². The van der Waals surface area contributed by atoms with Gasteiger partial charge in [0, 0.05) is 18.2 Å². The Morgan fingerprint density at radius 3 is 2.41 bits per heavy atom. The zero-order chi connectivity index (χ0) is 17.2. The van der Waals surface area contributed by atoms with Crippen molar-refractivity contribution in [3.8, 4) is 0 Å². The number of hydrogen-bond acceptors (Lipinski definition) is 5. The van der Waals surface area contributed by atoms with Crippen LogP contribution < -0.4 is 0 Å². The van der Waals surface area contributed by atoms with Crippen LogP contribution in [-0.2, 0) is 23.4 Å². The van der Waals surface area contributed by atoms with Crippen molar-refractivity contribution >= 4 is 19.3 Å². The fourth-order valence-electron chi connectivity index (χ4n) is 2.06. The molecule has 0 amide bonds. The van der Waals surface area contributed by atoms with Gasteiger partial charge in [-0.05, 0) is 25.7 Å². The van der Waals surface area contributed by atoms with Gasteiger partial charge < -0.3 is 14.4 Å². The lowest BCUT2D eigenvalue weighted by Crippen LogP contribution is -2.12. The zero-order valence-electron chi connectivity index (χ0n) is 13.8. The molecule has 0 bridgehead atoms. The largest absolute Gasteiger partial charge is 0.478 e. The van der Waals surface area contributed by atoms with Crippen LogP contribution in [0.15, 0.2) is 11.6 Å². The van der Waals surface area contributed by atoms with E-state index in [-0.39, 0.29) is 30.0 Å². The first-order chi connectivity index (χ1) is 10.2. The summed E-state index contributed by atoms with van der Waals surface area (Å²) < 4.78 is 22.6. The van der Waals surface area contributed by atoms with Crippen molar-refractivity contribution < 1.29 is 28.5 Å². The van der Waals surface area contributed by atoms with E-state index >= 15 is 0 Å². The molecule has 7 heteroatoms. The number of aliphatic carboxylic acids is 1. The number of carbonyl (C=O) groups excluding carboxylic acids is 1. The smallest absolute Gasteiger partial charge is 0.331 e. The van der Waals surface area contributed by atoms with E-state index in [2.05, 4.69) is 4.74 Å². The molecule has 1 atom stereocenters. The van der Waals surface area contributed by atoms with Gasteiger partial charge in [-0.25, -0.2) is 4.79 Å². The maximum atomic E-state index is 12.7. The summed E-state index contributed by atoms with van der Waals surface area (Å²) >= 11 is 0. The van der Waals surface area contributed by atoms with E-state index < -0.39 is 13.3 Å². The van der Waals surface area contributed by atoms with Crippen LogP contribution >= 0.6 is 7.37 Å². The Bertz CT molecular complexity index is 441. The number of carbonyl (C=O) groups is 2. The lowest BCUT2D eigenvalue weighted by molar-refractivity contribution is -0.140. The zero-order valence-corrected chi connectivity index (χ0v) is 14.7. The van der Waals surface area contributed by atoms with Gasteiger partial charge in [0.25, 0.3) is 0 Å². The average molecular weight is 334 g/mol. The molecule has 0 fully saturated rings. The van der Waals surface area contributed by atoms with E-state index in [9.17, 15) is 19.3 Å². The van der Waals surface area contributed by atoms with E-state index in [1.54, 1.807) is 6.92 Å². The van der Waals surface area contributed by atoms with Crippen molar-refractivity contribution in [2.75, 3.05) is 26.0 Å². The number of carboxylic acids is 1. The Labute approximate surface area is 132 Å². The van der Waals surface area contributed by atoms with Crippen LogP contribution in [-0.4, -0.2) is 43.1 Å². The second kappa shape index (κ2) is 10.6. The predicted octanol–water partition coefficient (Wildman–Crippen LogP) is 3.31. The highest BCUT2D eigenvalue weighted by Crippen LogP contribution is 2.50. The number of unbranched alkanes of at least 4 members (excludes halogenated alkanes) is 1. The summed E-state index contributed by atoms with van der Waals surface area (Å²) in [7, 11) is -1.69. The second-order valence-corrected chi connectivity index (χ2v) is 8.04. The highest BCUT2D eigenvalue weighted by atomic mass is 31.2. The van der Waals surface area contributed by atoms with Crippen LogP contribution in [0.4, 0.5) is 0 Å². The monoisotopic (exact) mass is 334 g/mol. The molecular formula is C15H27O6P. The molecule has 0 radical (unpaired) electrons. The Balaban J connectivity index is 4.81. The molecule has 0 saturated heterocycles. The molecule has 128 valence electrons. The van der Waals surface area contributed by atoms with Crippen LogP contribution in [0.2, 0.25) is 0 Å². The highest BCUT2D eigenvalue weighted by molar-refractivity contribution is 7.59. The number of hydrogen-bond donors (Lipinski definition) is 1. The molecule has 0 aliphatic carbocycles. The van der Waals surface area contributed by atoms with Gasteiger partial charge in [0.15, 0.2) is 0 Å². The van der Waals surface area contributed by atoms with Crippen molar-refractivity contribution in [3.63, 3.8) is 0 Å². The van der Waals surface area contributed by atoms with E-state index in [0.717, 1.165) is 0 Å². The standard InChI is InChI=1S/C15H27O6P/c1-5-21-22(19,10-12(2)3)11-13(15(17)18)8-6-7-9-14(16)20-4/h8,12H,5-7,9-11H2,1-4H3,(H,17,18). The predicted molar refractivity (Wildman–Crippen MR) is 85.4 cm³/mol. The molecule has 22 heavy (non-hydrogen) atoms. The molecule has 0 rings (SSSR count). The fourth-order valence-corrected chi connectivity index (χ4v) is 4.75. The van der Waals surface area contributed by atoms with Gasteiger partial charge in [-0.15, -0.1) is 0 Å². The minimum Gasteiger partial charge on any atom is -0.478 e. The van der Waals surface area contributed by atoms with Crippen LogP contribution in [0, 0.1) is 5.92 Å². The van der Waals surface area contributed by atoms with Crippen molar-refractivity contribution in [2.24, 2.45) is 5.92 Å². The van der Waals surface area contributed by atoms with E-state index in [1.807, 2.05) is 13.8 Å². The first-order valence-corrected chi connectivity index (χ1v) is 9.45. The minimum absolute atomic E-state index is 0.0768. The number of rotatable bonds is 11. The van der Waals surface area contributed by atoms with Crippen molar-refractivity contribution in [2.45, 2.75) is 40.0 Å². The van der Waals surface area contributed by atoms with Crippen LogP contribution in [0.25, 0.3) is 0 Å². The SMILES string of the molecule is CCOP(=O)(CC(=CCCCC(=O)OC)C(=O)O)CC(C)C. The summed E-state index contributed by atoms with van der Waals surface area (Å²) in [6.45, 7) is 5.88. The Kier molecular flexibility index (Phi) is 10.0. The fraction of sp³-hybridized carbons (Fsp3) is 0.733. The lowest BCUT2D eigenvalue weighted by atomic mass is 10.2. The summed E-state index contributed by atoms with van der Waals surface area (Å²) in [5, 5.41) is 9.26. The highest BCUT2D eigenvalue weighted by Gasteiger charge is 2.27. The second-order valence-electron chi connectivity index (χ2n) is 5.47. The Morgan fingerprint density at radius 1 is 1.32 bits per heavy atom. The van der Waals surface area contributed by atoms with E-state index in [4.69, 9.17) is 4.52 Å². The van der Waals surface area contributed by atoms with Crippen molar-refractivity contribution in [1.82, 2.24) is 0 Å². The van der Waals surface area contributed by atoms with Crippen LogP contribution in [0.3, 0.4) is 0 Å². The number of esters is 1. The quantitative estimate of drug-likeness (QED) is 0.270. The van der Waals surface area contributed by atoms with Crippen LogP contribution in [0.1, 0.15) is 40.0 Å². The lowest BCUT2D eigenvalue weighted by Gasteiger charge is -2.20. The molecule has 1 N–H and O–H groups in total. The third-order valence-electron chi connectivity index (χ3n) is 2.90. The third kappa shape index (κ3) is 9.00. The third-order valence-corrected chi connectivity index (χ3v) is 5.73. The molecule has 1 unspecified atom stereocenters. The maximum Gasteiger partial charge on any atom is 0.331 e. The molecule has 0 aromatic carbocycles. The summed E-state index contributed by atoms with van der Waals surface area (Å²) in [6, 6.07) is 0. The maximum absolute atomic E-state index is 12.7. The molecule has 0 aromatic heterocycles. The molecule has 0 aliphatic rings. The van der Waals surface area contributed by atoms with Crippen molar-refractivity contribution in [1.29, 1.82) is 0 Å². The topological polar surface area (TPSA) is 89.9 Å². The number of ether oxygens (including phenoxy) is 1. The Hall–Kier alpha value is -1.13. The molecule has 0 aliphatic heterocycles.